The molecule has 0 aliphatic carbocycles. The number of methoxy groups -OCH3 is 1. The van der Waals surface area contributed by atoms with Crippen LogP contribution in [-0.4, -0.2) is 60.8 Å². The van der Waals surface area contributed by atoms with Gasteiger partial charge in [0.2, 0.25) is 11.8 Å². The first kappa shape index (κ1) is 15.3. The molecule has 0 spiro atoms. The second-order valence-corrected chi connectivity index (χ2v) is 5.97. The topological polar surface area (TPSA) is 67.9 Å². The first-order valence-electron chi connectivity index (χ1n) is 7.13. The zero-order valence-corrected chi connectivity index (χ0v) is 12.7. The molecule has 6 nitrogen and oxygen atoms in total. The van der Waals surface area contributed by atoms with Crippen LogP contribution in [0.1, 0.15) is 33.6 Å². The molecule has 2 heterocycles. The summed E-state index contributed by atoms with van der Waals surface area (Å²) in [7, 11) is 1.63. The third kappa shape index (κ3) is 2.42. The number of nitrogens with zero attached hydrogens (tertiary/aromatic N) is 1. The van der Waals surface area contributed by atoms with Crippen LogP contribution in [0.3, 0.4) is 0 Å². The Bertz CT molecular complexity index is 406. The lowest BCUT2D eigenvalue weighted by atomic mass is 9.90. The van der Waals surface area contributed by atoms with Crippen LogP contribution in [0.4, 0.5) is 0 Å². The number of nitrogens with one attached hydrogen (secondary N) is 1. The largest absolute Gasteiger partial charge is 0.378 e. The zero-order valence-electron chi connectivity index (χ0n) is 12.7. The number of hydrogen-bond donors (Lipinski definition) is 1. The van der Waals surface area contributed by atoms with Gasteiger partial charge in [-0.05, 0) is 20.3 Å². The smallest absolute Gasteiger partial charge is 0.248 e. The van der Waals surface area contributed by atoms with Crippen LogP contribution in [0.15, 0.2) is 0 Å². The van der Waals surface area contributed by atoms with E-state index in [-0.39, 0.29) is 11.8 Å². The standard InChI is InChI=1S/C14H24N2O4/c1-5-13(3)12(18)16(10(2)11(17)15-13)8-14(19-4)6-7-20-9-14/h10H,5-9H2,1-4H3,(H,15,17). The molecule has 2 fully saturated rings. The molecule has 0 aromatic heterocycles. The molecule has 0 aromatic carbocycles. The summed E-state index contributed by atoms with van der Waals surface area (Å²) in [6.45, 7) is 6.91. The number of rotatable bonds is 4. The van der Waals surface area contributed by atoms with Gasteiger partial charge in [0.15, 0.2) is 0 Å². The number of ether oxygens (including phenoxy) is 2. The lowest BCUT2D eigenvalue weighted by Crippen LogP contribution is -2.70. The van der Waals surface area contributed by atoms with E-state index in [1.54, 1.807) is 25.9 Å². The number of carbonyl (C=O) groups is 2. The molecule has 6 heteroatoms. The summed E-state index contributed by atoms with van der Waals surface area (Å²) in [5.41, 5.74) is -1.31. The fraction of sp³-hybridized carbons (Fsp3) is 0.857. The SMILES string of the molecule is CCC1(C)NC(=O)C(C)N(CC2(OC)CCOC2)C1=O. The van der Waals surface area contributed by atoms with Crippen LogP contribution < -0.4 is 5.32 Å². The molecule has 114 valence electrons. The molecule has 0 radical (unpaired) electrons. The summed E-state index contributed by atoms with van der Waals surface area (Å²) >= 11 is 0. The fourth-order valence-corrected chi connectivity index (χ4v) is 2.76. The van der Waals surface area contributed by atoms with E-state index in [1.165, 1.54) is 0 Å². The fourth-order valence-electron chi connectivity index (χ4n) is 2.76. The first-order valence-corrected chi connectivity index (χ1v) is 7.13. The van der Waals surface area contributed by atoms with Gasteiger partial charge in [-0.1, -0.05) is 6.92 Å². The van der Waals surface area contributed by atoms with Gasteiger partial charge in [0, 0.05) is 20.1 Å². The van der Waals surface area contributed by atoms with E-state index in [0.717, 1.165) is 6.42 Å². The summed E-state index contributed by atoms with van der Waals surface area (Å²) in [6.07, 6.45) is 1.31. The van der Waals surface area contributed by atoms with Gasteiger partial charge >= 0.3 is 0 Å². The average molecular weight is 284 g/mol. The van der Waals surface area contributed by atoms with E-state index >= 15 is 0 Å². The summed E-state index contributed by atoms with van der Waals surface area (Å²) in [5, 5.41) is 2.83. The van der Waals surface area contributed by atoms with Crippen molar-refractivity contribution in [3.8, 4) is 0 Å². The van der Waals surface area contributed by atoms with Gasteiger partial charge in [0.1, 0.15) is 17.2 Å². The Labute approximate surface area is 119 Å². The monoisotopic (exact) mass is 284 g/mol. The van der Waals surface area contributed by atoms with Crippen molar-refractivity contribution in [1.29, 1.82) is 0 Å². The van der Waals surface area contributed by atoms with Gasteiger partial charge in [0.25, 0.3) is 0 Å². The first-order chi connectivity index (χ1) is 9.37. The van der Waals surface area contributed by atoms with E-state index in [0.29, 0.717) is 26.2 Å². The van der Waals surface area contributed by atoms with Crippen molar-refractivity contribution in [2.24, 2.45) is 0 Å². The van der Waals surface area contributed by atoms with Crippen molar-refractivity contribution in [3.05, 3.63) is 0 Å². The molecule has 3 atom stereocenters. The third-order valence-corrected chi connectivity index (χ3v) is 4.64. The summed E-state index contributed by atoms with van der Waals surface area (Å²) in [6, 6.07) is -0.477. The molecule has 1 N–H and O–H groups in total. The second-order valence-electron chi connectivity index (χ2n) is 5.97. The maximum Gasteiger partial charge on any atom is 0.248 e. The Morgan fingerprint density at radius 2 is 2.20 bits per heavy atom. The van der Waals surface area contributed by atoms with Crippen LogP contribution in [0.25, 0.3) is 0 Å². The van der Waals surface area contributed by atoms with Crippen LogP contribution >= 0.6 is 0 Å². The minimum atomic E-state index is -0.821. The molecule has 2 amide bonds. The maximum absolute atomic E-state index is 12.7. The van der Waals surface area contributed by atoms with Crippen LogP contribution in [0.2, 0.25) is 0 Å². The highest BCUT2D eigenvalue weighted by atomic mass is 16.5. The van der Waals surface area contributed by atoms with E-state index in [1.807, 2.05) is 6.92 Å². The Balaban J connectivity index is 2.23. The number of carbonyl (C=O) groups excluding carboxylic acids is 2. The van der Waals surface area contributed by atoms with Crippen molar-refractivity contribution in [1.82, 2.24) is 10.2 Å². The van der Waals surface area contributed by atoms with Gasteiger partial charge in [-0.15, -0.1) is 0 Å². The van der Waals surface area contributed by atoms with Crippen molar-refractivity contribution >= 4 is 11.8 Å². The zero-order chi connectivity index (χ0) is 15.0. The maximum atomic E-state index is 12.7. The molecule has 2 aliphatic heterocycles. The van der Waals surface area contributed by atoms with Gasteiger partial charge < -0.3 is 19.7 Å². The molecule has 20 heavy (non-hydrogen) atoms. The molecule has 0 saturated carbocycles. The van der Waals surface area contributed by atoms with Crippen LogP contribution in [0.5, 0.6) is 0 Å². The molecule has 2 rings (SSSR count). The molecule has 2 aliphatic rings. The normalized spacial score (nSPS) is 38.2. The Morgan fingerprint density at radius 3 is 2.70 bits per heavy atom. The Hall–Kier alpha value is -1.14. The van der Waals surface area contributed by atoms with Gasteiger partial charge in [-0.2, -0.15) is 0 Å². The molecular weight excluding hydrogens is 260 g/mol. The van der Waals surface area contributed by atoms with Crippen LogP contribution in [0, 0.1) is 0 Å². The Kier molecular flexibility index (Phi) is 4.07. The highest BCUT2D eigenvalue weighted by Crippen LogP contribution is 2.28. The lowest BCUT2D eigenvalue weighted by Gasteiger charge is -2.45. The van der Waals surface area contributed by atoms with Crippen LogP contribution in [-0.2, 0) is 19.1 Å². The molecule has 0 aromatic rings. The highest BCUT2D eigenvalue weighted by Gasteiger charge is 2.48. The molecular formula is C14H24N2O4. The van der Waals surface area contributed by atoms with E-state index in [4.69, 9.17) is 9.47 Å². The summed E-state index contributed by atoms with van der Waals surface area (Å²) in [4.78, 5) is 26.4. The van der Waals surface area contributed by atoms with Gasteiger partial charge in [-0.3, -0.25) is 9.59 Å². The lowest BCUT2D eigenvalue weighted by molar-refractivity contribution is -0.158. The van der Waals surface area contributed by atoms with Gasteiger partial charge in [-0.25, -0.2) is 0 Å². The number of piperazine rings is 1. The third-order valence-electron chi connectivity index (χ3n) is 4.64. The molecule has 0 bridgehead atoms. The van der Waals surface area contributed by atoms with Crippen molar-refractivity contribution in [2.45, 2.75) is 50.8 Å². The summed E-state index contributed by atoms with van der Waals surface area (Å²) in [5.74, 6) is -0.158. The van der Waals surface area contributed by atoms with Crippen molar-refractivity contribution in [2.75, 3.05) is 26.9 Å². The van der Waals surface area contributed by atoms with Crippen molar-refractivity contribution < 1.29 is 19.1 Å². The minimum Gasteiger partial charge on any atom is -0.378 e. The quantitative estimate of drug-likeness (QED) is 0.806. The molecule has 2 saturated heterocycles. The summed E-state index contributed by atoms with van der Waals surface area (Å²) < 4.78 is 11.0. The highest BCUT2D eigenvalue weighted by molar-refractivity contribution is 5.99. The molecule has 3 unspecified atom stereocenters. The minimum absolute atomic E-state index is 0.0459. The predicted molar refractivity (Wildman–Crippen MR) is 73.2 cm³/mol. The van der Waals surface area contributed by atoms with E-state index in [2.05, 4.69) is 5.32 Å². The van der Waals surface area contributed by atoms with E-state index in [9.17, 15) is 9.59 Å². The number of hydrogen-bond acceptors (Lipinski definition) is 4. The van der Waals surface area contributed by atoms with Crippen molar-refractivity contribution in [3.63, 3.8) is 0 Å². The predicted octanol–water partition coefficient (Wildman–Crippen LogP) is 0.308. The average Bonchev–Trinajstić information content (AvgIpc) is 2.91. The van der Waals surface area contributed by atoms with E-state index < -0.39 is 17.2 Å². The number of amides is 2. The Morgan fingerprint density at radius 1 is 1.50 bits per heavy atom. The van der Waals surface area contributed by atoms with Gasteiger partial charge in [0.05, 0.1) is 13.2 Å². The second kappa shape index (κ2) is 5.33.